The number of hydrogen-bond donors (Lipinski definition) is 2. The number of carbonyl (C=O) groups is 3. The van der Waals surface area contributed by atoms with Crippen LogP contribution in [-0.2, 0) is 24.3 Å². The highest BCUT2D eigenvalue weighted by Crippen LogP contribution is 2.46. The van der Waals surface area contributed by atoms with Crippen molar-refractivity contribution in [2.24, 2.45) is 5.14 Å². The molecule has 2 aromatic rings. The van der Waals surface area contributed by atoms with E-state index in [9.17, 15) is 22.8 Å². The van der Waals surface area contributed by atoms with E-state index in [1.807, 2.05) is 5.38 Å². The second kappa shape index (κ2) is 8.94. The van der Waals surface area contributed by atoms with Gasteiger partial charge in [-0.1, -0.05) is 0 Å². The van der Waals surface area contributed by atoms with Gasteiger partial charge in [-0.3, -0.25) is 4.79 Å². The Kier molecular flexibility index (Phi) is 6.54. The van der Waals surface area contributed by atoms with Gasteiger partial charge in [0.15, 0.2) is 6.61 Å². The van der Waals surface area contributed by atoms with Crippen molar-refractivity contribution >= 4 is 44.2 Å². The van der Waals surface area contributed by atoms with Gasteiger partial charge in [-0.2, -0.15) is 0 Å². The molecule has 0 atom stereocenters. The maximum atomic E-state index is 12.3. The summed E-state index contributed by atoms with van der Waals surface area (Å²) in [5.41, 5.74) is 1.28. The minimum absolute atomic E-state index is 0.0644. The summed E-state index contributed by atoms with van der Waals surface area (Å²) in [5.74, 6) is -1.62. The molecule has 30 heavy (non-hydrogen) atoms. The molecule has 0 unspecified atom stereocenters. The number of nitrogens with two attached hydrogens (primary N) is 1. The summed E-state index contributed by atoms with van der Waals surface area (Å²) in [6, 6.07) is 4.81. The molecule has 1 saturated carbocycles. The van der Waals surface area contributed by atoms with E-state index in [1.165, 1.54) is 35.6 Å². The lowest BCUT2D eigenvalue weighted by atomic mass is 10.1. The van der Waals surface area contributed by atoms with Gasteiger partial charge in [0, 0.05) is 0 Å². The first kappa shape index (κ1) is 21.9. The molecule has 3 rings (SSSR count). The molecule has 1 amide bonds. The molecule has 1 aromatic carbocycles. The van der Waals surface area contributed by atoms with Crippen molar-refractivity contribution in [1.29, 1.82) is 0 Å². The fraction of sp³-hybridized carbons (Fsp3) is 0.316. The highest BCUT2D eigenvalue weighted by molar-refractivity contribution is 7.89. The van der Waals surface area contributed by atoms with Crippen molar-refractivity contribution in [3.05, 3.63) is 46.3 Å². The van der Waals surface area contributed by atoms with Gasteiger partial charge in [0.2, 0.25) is 10.0 Å². The zero-order valence-corrected chi connectivity index (χ0v) is 17.7. The molecule has 1 aliphatic carbocycles. The van der Waals surface area contributed by atoms with Crippen LogP contribution in [0.15, 0.2) is 34.5 Å². The summed E-state index contributed by atoms with van der Waals surface area (Å²) >= 11 is 1.22. The van der Waals surface area contributed by atoms with Crippen LogP contribution in [-0.4, -0.2) is 39.5 Å². The SMILES string of the molecule is CCOC(=O)c1c(C2CC2)csc1NC(=O)COC(=O)c1ccc(S(N)(=O)=O)cc1. The Hall–Kier alpha value is -2.76. The van der Waals surface area contributed by atoms with Crippen molar-refractivity contribution in [3.63, 3.8) is 0 Å². The smallest absolute Gasteiger partial charge is 0.341 e. The number of nitrogens with one attached hydrogen (secondary N) is 1. The van der Waals surface area contributed by atoms with Crippen LogP contribution in [0.2, 0.25) is 0 Å². The van der Waals surface area contributed by atoms with E-state index < -0.39 is 34.5 Å². The van der Waals surface area contributed by atoms with Gasteiger partial charge in [-0.25, -0.2) is 23.1 Å². The number of ether oxygens (including phenoxy) is 2. The largest absolute Gasteiger partial charge is 0.462 e. The summed E-state index contributed by atoms with van der Waals surface area (Å²) < 4.78 is 32.5. The molecular formula is C19H20N2O7S2. The second-order valence-corrected chi connectivity index (χ2v) is 9.02. The van der Waals surface area contributed by atoms with Gasteiger partial charge in [0.1, 0.15) is 5.00 Å². The van der Waals surface area contributed by atoms with Crippen molar-refractivity contribution < 1.29 is 32.3 Å². The summed E-state index contributed by atoms with van der Waals surface area (Å²) in [7, 11) is -3.87. The second-order valence-electron chi connectivity index (χ2n) is 6.58. The number of sulfonamides is 1. The number of amides is 1. The zero-order valence-electron chi connectivity index (χ0n) is 16.0. The molecule has 9 nitrogen and oxygen atoms in total. The number of primary sulfonamides is 1. The minimum atomic E-state index is -3.87. The first-order valence-corrected chi connectivity index (χ1v) is 11.5. The molecule has 1 aliphatic rings. The third kappa shape index (κ3) is 5.23. The van der Waals surface area contributed by atoms with E-state index in [0.29, 0.717) is 16.5 Å². The van der Waals surface area contributed by atoms with Crippen LogP contribution in [0, 0.1) is 0 Å². The first-order valence-electron chi connectivity index (χ1n) is 9.09. The summed E-state index contributed by atoms with van der Waals surface area (Å²) in [5, 5.41) is 9.78. The Morgan fingerprint density at radius 3 is 2.37 bits per heavy atom. The maximum Gasteiger partial charge on any atom is 0.341 e. The maximum absolute atomic E-state index is 12.3. The van der Waals surface area contributed by atoms with Crippen LogP contribution >= 0.6 is 11.3 Å². The first-order chi connectivity index (χ1) is 14.2. The van der Waals surface area contributed by atoms with Crippen molar-refractivity contribution in [1.82, 2.24) is 0 Å². The standard InChI is InChI=1S/C19H20N2O7S2/c1-2-27-19(24)16-14(11-3-4-11)10-29-17(16)21-15(22)9-28-18(23)12-5-7-13(8-6-12)30(20,25)26/h5-8,10-11H,2-4,9H2,1H3,(H,21,22)(H2,20,25,26). The topological polar surface area (TPSA) is 142 Å². The van der Waals surface area contributed by atoms with Gasteiger partial charge < -0.3 is 14.8 Å². The van der Waals surface area contributed by atoms with E-state index in [1.54, 1.807) is 6.92 Å². The van der Waals surface area contributed by atoms with E-state index >= 15 is 0 Å². The Labute approximate surface area is 177 Å². The lowest BCUT2D eigenvalue weighted by Crippen LogP contribution is -2.22. The molecule has 1 heterocycles. The van der Waals surface area contributed by atoms with Gasteiger partial charge in [-0.15, -0.1) is 11.3 Å². The molecule has 0 bridgehead atoms. The molecule has 0 radical (unpaired) electrons. The van der Waals surface area contributed by atoms with E-state index in [0.717, 1.165) is 18.4 Å². The molecular weight excluding hydrogens is 432 g/mol. The highest BCUT2D eigenvalue weighted by Gasteiger charge is 2.32. The normalized spacial score (nSPS) is 13.5. The van der Waals surface area contributed by atoms with E-state index in [4.69, 9.17) is 14.6 Å². The molecule has 1 aromatic heterocycles. The number of hydrogen-bond acceptors (Lipinski definition) is 8. The minimum Gasteiger partial charge on any atom is -0.462 e. The summed E-state index contributed by atoms with van der Waals surface area (Å²) in [6.45, 7) is 1.34. The quantitative estimate of drug-likeness (QED) is 0.585. The van der Waals surface area contributed by atoms with Gasteiger partial charge in [0.05, 0.1) is 22.6 Å². The monoisotopic (exact) mass is 452 g/mol. The highest BCUT2D eigenvalue weighted by atomic mass is 32.2. The van der Waals surface area contributed by atoms with Crippen LogP contribution in [0.25, 0.3) is 0 Å². The zero-order chi connectivity index (χ0) is 21.9. The number of rotatable bonds is 8. The van der Waals surface area contributed by atoms with Gasteiger partial charge in [-0.05, 0) is 60.9 Å². The average Bonchev–Trinajstić information content (AvgIpc) is 3.46. The van der Waals surface area contributed by atoms with Gasteiger partial charge in [0.25, 0.3) is 5.91 Å². The Balaban J connectivity index is 1.62. The van der Waals surface area contributed by atoms with Crippen LogP contribution < -0.4 is 10.5 Å². The van der Waals surface area contributed by atoms with Crippen molar-refractivity contribution in [3.8, 4) is 0 Å². The number of benzene rings is 1. The third-order valence-electron chi connectivity index (χ3n) is 4.32. The number of anilines is 1. The molecule has 11 heteroatoms. The lowest BCUT2D eigenvalue weighted by molar-refractivity contribution is -0.119. The van der Waals surface area contributed by atoms with E-state index in [-0.39, 0.29) is 17.1 Å². The fourth-order valence-electron chi connectivity index (χ4n) is 2.73. The number of thiophene rings is 1. The predicted octanol–water partition coefficient (Wildman–Crippen LogP) is 2.25. The number of carbonyl (C=O) groups excluding carboxylic acids is 3. The molecule has 0 saturated heterocycles. The average molecular weight is 453 g/mol. The molecule has 0 aliphatic heterocycles. The van der Waals surface area contributed by atoms with Crippen molar-refractivity contribution in [2.45, 2.75) is 30.6 Å². The van der Waals surface area contributed by atoms with Crippen molar-refractivity contribution in [2.75, 3.05) is 18.5 Å². The molecule has 160 valence electrons. The Morgan fingerprint density at radius 2 is 1.80 bits per heavy atom. The molecule has 3 N–H and O–H groups in total. The number of esters is 2. The predicted molar refractivity (Wildman–Crippen MR) is 109 cm³/mol. The Bertz CT molecular complexity index is 1070. The van der Waals surface area contributed by atoms with Crippen LogP contribution in [0.4, 0.5) is 5.00 Å². The van der Waals surface area contributed by atoms with Crippen LogP contribution in [0.1, 0.15) is 52.0 Å². The molecule has 1 fully saturated rings. The van der Waals surface area contributed by atoms with Crippen LogP contribution in [0.3, 0.4) is 0 Å². The molecule has 0 spiro atoms. The summed E-state index contributed by atoms with van der Waals surface area (Å²) in [4.78, 5) is 36.5. The Morgan fingerprint density at radius 1 is 1.13 bits per heavy atom. The fourth-order valence-corrected chi connectivity index (χ4v) is 4.29. The van der Waals surface area contributed by atoms with E-state index in [2.05, 4.69) is 5.32 Å². The van der Waals surface area contributed by atoms with Crippen LogP contribution in [0.5, 0.6) is 0 Å². The van der Waals surface area contributed by atoms with Gasteiger partial charge >= 0.3 is 11.9 Å². The third-order valence-corrected chi connectivity index (χ3v) is 6.16. The lowest BCUT2D eigenvalue weighted by Gasteiger charge is -2.09. The summed E-state index contributed by atoms with van der Waals surface area (Å²) in [6.07, 6.45) is 1.97.